The van der Waals surface area contributed by atoms with Crippen LogP contribution >= 0.6 is 11.6 Å². The number of hydrogen-bond donors (Lipinski definition) is 1. The molecule has 0 bridgehead atoms. The summed E-state index contributed by atoms with van der Waals surface area (Å²) in [5, 5.41) is 17.7. The summed E-state index contributed by atoms with van der Waals surface area (Å²) in [5.41, 5.74) is 0.858. The third-order valence-corrected chi connectivity index (χ3v) is 1.51. The Kier molecular flexibility index (Phi) is 2.48. The van der Waals surface area contributed by atoms with Gasteiger partial charge in [-0.3, -0.25) is 0 Å². The summed E-state index contributed by atoms with van der Waals surface area (Å²) in [6, 6.07) is 6.62. The lowest BCUT2D eigenvalue weighted by molar-refractivity contribution is 0.414. The van der Waals surface area contributed by atoms with E-state index in [0.29, 0.717) is 16.1 Å². The van der Waals surface area contributed by atoms with E-state index in [4.69, 9.17) is 22.0 Å². The van der Waals surface area contributed by atoms with Crippen LogP contribution in [0.4, 0.5) is 0 Å². The van der Waals surface area contributed by atoms with Gasteiger partial charge in [-0.25, -0.2) is 0 Å². The third-order valence-electron chi connectivity index (χ3n) is 1.27. The van der Waals surface area contributed by atoms with Crippen LogP contribution in [0.1, 0.15) is 11.1 Å². The van der Waals surface area contributed by atoms with Crippen LogP contribution in [-0.4, -0.2) is 5.11 Å². The smallest absolute Gasteiger partial charge is 0.110 e. The van der Waals surface area contributed by atoms with Gasteiger partial charge in [0.25, 0.3) is 0 Å². The van der Waals surface area contributed by atoms with Crippen LogP contribution in [-0.2, 0) is 0 Å². The van der Waals surface area contributed by atoms with E-state index in [9.17, 15) is 0 Å². The molecule has 0 atom stereocenters. The van der Waals surface area contributed by atoms with Gasteiger partial charge < -0.3 is 5.11 Å². The second-order valence-corrected chi connectivity index (χ2v) is 2.41. The predicted octanol–water partition coefficient (Wildman–Crippen LogP) is 2.09. The molecule has 1 aromatic rings. The van der Waals surface area contributed by atoms with E-state index in [1.165, 1.54) is 6.07 Å². The fourth-order valence-corrected chi connectivity index (χ4v) is 0.923. The van der Waals surface area contributed by atoms with Crippen LogP contribution in [0.5, 0.6) is 0 Å². The normalized spacial score (nSPS) is 9.18. The molecule has 0 saturated carbocycles. The molecule has 0 aliphatic carbocycles. The number of aliphatic hydroxyl groups excluding tert-OH is 1. The number of benzene rings is 1. The van der Waals surface area contributed by atoms with Gasteiger partial charge in [-0.1, -0.05) is 11.6 Å². The van der Waals surface area contributed by atoms with Gasteiger partial charge in [0.15, 0.2) is 0 Å². The molecule has 1 rings (SSSR count). The molecular formula is C8H5ClNO. The fraction of sp³-hybridized carbons (Fsp3) is 0. The molecule has 0 fully saturated rings. The van der Waals surface area contributed by atoms with Crippen molar-refractivity contribution in [1.82, 2.24) is 0 Å². The van der Waals surface area contributed by atoms with Crippen LogP contribution in [0.15, 0.2) is 18.2 Å². The Labute approximate surface area is 69.7 Å². The average Bonchev–Trinajstić information content (AvgIpc) is 2.04. The molecular weight excluding hydrogens is 162 g/mol. The molecule has 0 spiro atoms. The van der Waals surface area contributed by atoms with Crippen molar-refractivity contribution >= 4 is 11.6 Å². The van der Waals surface area contributed by atoms with E-state index >= 15 is 0 Å². The maximum atomic E-state index is 8.64. The molecule has 0 heterocycles. The van der Waals surface area contributed by atoms with E-state index in [1.54, 1.807) is 12.1 Å². The first-order chi connectivity index (χ1) is 5.27. The van der Waals surface area contributed by atoms with E-state index in [2.05, 4.69) is 0 Å². The molecule has 0 saturated heterocycles. The molecule has 55 valence electrons. The minimum Gasteiger partial charge on any atom is -0.385 e. The van der Waals surface area contributed by atoms with Gasteiger partial charge >= 0.3 is 0 Å². The molecule has 3 heteroatoms. The molecule has 0 aliphatic heterocycles. The molecule has 11 heavy (non-hydrogen) atoms. The Hall–Kier alpha value is -1.04. The Balaban J connectivity index is 3.19. The van der Waals surface area contributed by atoms with Crippen LogP contribution in [0.3, 0.4) is 0 Å². The van der Waals surface area contributed by atoms with E-state index in [1.807, 2.05) is 6.07 Å². The highest BCUT2D eigenvalue weighted by atomic mass is 35.5. The molecule has 0 aromatic heterocycles. The topological polar surface area (TPSA) is 44.0 Å². The van der Waals surface area contributed by atoms with Gasteiger partial charge in [0, 0.05) is 10.6 Å². The van der Waals surface area contributed by atoms with Gasteiger partial charge in [-0.05, 0) is 18.2 Å². The standard InChI is InChI=1S/C8H5ClNO/c9-8-2-1-6(4-10)7(3-8)5-11/h1-3,5,11H. The summed E-state index contributed by atoms with van der Waals surface area (Å²) in [6.45, 7) is 0.866. The van der Waals surface area contributed by atoms with Crippen molar-refractivity contribution in [3.8, 4) is 6.07 Å². The Morgan fingerprint density at radius 3 is 2.82 bits per heavy atom. The van der Waals surface area contributed by atoms with Crippen molar-refractivity contribution < 1.29 is 5.11 Å². The summed E-state index contributed by atoms with van der Waals surface area (Å²) >= 11 is 5.61. The first-order valence-corrected chi connectivity index (χ1v) is 3.33. The summed E-state index contributed by atoms with van der Waals surface area (Å²) < 4.78 is 0. The second-order valence-electron chi connectivity index (χ2n) is 1.97. The summed E-state index contributed by atoms with van der Waals surface area (Å²) in [7, 11) is 0. The van der Waals surface area contributed by atoms with Gasteiger partial charge in [-0.15, -0.1) is 0 Å². The van der Waals surface area contributed by atoms with Crippen molar-refractivity contribution in [3.63, 3.8) is 0 Å². The van der Waals surface area contributed by atoms with Crippen LogP contribution in [0.2, 0.25) is 5.02 Å². The van der Waals surface area contributed by atoms with E-state index in [0.717, 1.165) is 6.61 Å². The Morgan fingerprint density at radius 2 is 2.27 bits per heavy atom. The average molecular weight is 167 g/mol. The molecule has 2 nitrogen and oxygen atoms in total. The summed E-state index contributed by atoms with van der Waals surface area (Å²) in [4.78, 5) is 0. The van der Waals surface area contributed by atoms with Gasteiger partial charge in [-0.2, -0.15) is 5.26 Å². The quantitative estimate of drug-likeness (QED) is 0.694. The predicted molar refractivity (Wildman–Crippen MR) is 41.5 cm³/mol. The van der Waals surface area contributed by atoms with Crippen LogP contribution < -0.4 is 0 Å². The lowest BCUT2D eigenvalue weighted by Crippen LogP contribution is -1.85. The maximum absolute atomic E-state index is 8.64. The number of nitriles is 1. The molecule has 1 radical (unpaired) electrons. The lowest BCUT2D eigenvalue weighted by atomic mass is 10.1. The van der Waals surface area contributed by atoms with Crippen LogP contribution in [0, 0.1) is 17.9 Å². The van der Waals surface area contributed by atoms with Crippen molar-refractivity contribution in [2.75, 3.05) is 0 Å². The largest absolute Gasteiger partial charge is 0.385 e. The molecule has 1 aromatic carbocycles. The highest BCUT2D eigenvalue weighted by Gasteiger charge is 2.00. The Bertz CT molecular complexity index is 303. The first-order valence-electron chi connectivity index (χ1n) is 2.95. The van der Waals surface area contributed by atoms with E-state index < -0.39 is 0 Å². The number of nitrogens with zero attached hydrogens (tertiary/aromatic N) is 1. The Morgan fingerprint density at radius 1 is 1.55 bits per heavy atom. The third kappa shape index (κ3) is 1.70. The fourth-order valence-electron chi connectivity index (χ4n) is 0.742. The zero-order valence-electron chi connectivity index (χ0n) is 5.58. The van der Waals surface area contributed by atoms with Crippen molar-refractivity contribution in [2.24, 2.45) is 0 Å². The van der Waals surface area contributed by atoms with Gasteiger partial charge in [0.2, 0.25) is 0 Å². The zero-order valence-corrected chi connectivity index (χ0v) is 6.34. The molecule has 0 unspecified atom stereocenters. The minimum atomic E-state index is 0.414. The van der Waals surface area contributed by atoms with Gasteiger partial charge in [0.1, 0.15) is 6.61 Å². The summed E-state index contributed by atoms with van der Waals surface area (Å²) in [5.74, 6) is 0. The molecule has 1 N–H and O–H groups in total. The molecule has 0 amide bonds. The second kappa shape index (κ2) is 3.38. The number of halogens is 1. The number of rotatable bonds is 1. The maximum Gasteiger partial charge on any atom is 0.110 e. The van der Waals surface area contributed by atoms with Crippen LogP contribution in [0.25, 0.3) is 0 Å². The molecule has 0 aliphatic rings. The highest BCUT2D eigenvalue weighted by Crippen LogP contribution is 2.15. The first kappa shape index (κ1) is 8.06. The number of hydrogen-bond acceptors (Lipinski definition) is 2. The zero-order chi connectivity index (χ0) is 8.27. The summed E-state index contributed by atoms with van der Waals surface area (Å²) in [6.07, 6.45) is 0. The SMILES string of the molecule is N#Cc1ccc(Cl)cc1[CH]O. The van der Waals surface area contributed by atoms with E-state index in [-0.39, 0.29) is 0 Å². The van der Waals surface area contributed by atoms with Crippen molar-refractivity contribution in [3.05, 3.63) is 41.0 Å². The minimum absolute atomic E-state index is 0.414. The van der Waals surface area contributed by atoms with Crippen molar-refractivity contribution in [1.29, 1.82) is 5.26 Å². The highest BCUT2D eigenvalue weighted by molar-refractivity contribution is 6.30. The van der Waals surface area contributed by atoms with Gasteiger partial charge in [0.05, 0.1) is 11.6 Å². The lowest BCUT2D eigenvalue weighted by Gasteiger charge is -1.97. The number of aliphatic hydroxyl groups is 1. The monoisotopic (exact) mass is 166 g/mol. The van der Waals surface area contributed by atoms with Crippen molar-refractivity contribution in [2.45, 2.75) is 0 Å².